The van der Waals surface area contributed by atoms with E-state index in [2.05, 4.69) is 19.2 Å². The number of carbonyl (C=O) groups excluding carboxylic acids is 1. The lowest BCUT2D eigenvalue weighted by atomic mass is 9.93. The highest BCUT2D eigenvalue weighted by molar-refractivity contribution is 5.97. The van der Waals surface area contributed by atoms with Crippen LogP contribution in [0.25, 0.3) is 0 Å². The van der Waals surface area contributed by atoms with E-state index in [0.29, 0.717) is 18.9 Å². The van der Waals surface area contributed by atoms with Crippen LogP contribution < -0.4 is 10.1 Å². The molecule has 22 heavy (non-hydrogen) atoms. The van der Waals surface area contributed by atoms with Crippen molar-refractivity contribution in [3.8, 4) is 5.75 Å². The third-order valence-electron chi connectivity index (χ3n) is 3.66. The fourth-order valence-corrected chi connectivity index (χ4v) is 2.92. The van der Waals surface area contributed by atoms with E-state index in [1.165, 1.54) is 0 Å². The summed E-state index contributed by atoms with van der Waals surface area (Å²) >= 11 is 0. The normalized spacial score (nSPS) is 13.8. The van der Waals surface area contributed by atoms with Crippen LogP contribution in [-0.4, -0.2) is 25.2 Å². The van der Waals surface area contributed by atoms with E-state index in [-0.39, 0.29) is 5.91 Å². The predicted octanol–water partition coefficient (Wildman–Crippen LogP) is 4.09. The molecular formula is C18H29NO3. The maximum atomic E-state index is 12.7. The smallest absolute Gasteiger partial charge is 0.256 e. The number of nitrogens with one attached hydrogen (secondary N) is 1. The predicted molar refractivity (Wildman–Crippen MR) is 90.6 cm³/mol. The van der Waals surface area contributed by atoms with Gasteiger partial charge < -0.3 is 14.8 Å². The Kier molecular flexibility index (Phi) is 6.42. The van der Waals surface area contributed by atoms with Crippen LogP contribution in [0.4, 0.5) is 5.69 Å². The summed E-state index contributed by atoms with van der Waals surface area (Å²) in [4.78, 5) is 12.7. The summed E-state index contributed by atoms with van der Waals surface area (Å²) in [6, 6.07) is 3.84. The van der Waals surface area contributed by atoms with Crippen LogP contribution in [0.5, 0.6) is 5.75 Å². The first-order chi connectivity index (χ1) is 10.2. The van der Waals surface area contributed by atoms with Gasteiger partial charge >= 0.3 is 0 Å². The SMILES string of the molecule is CCOC(C)(CC(C)C)C(=O)Nc1cc(C)c(OC)c(C)c1. The number of amides is 1. The lowest BCUT2D eigenvalue weighted by Gasteiger charge is -2.30. The Labute approximate surface area is 134 Å². The second kappa shape index (κ2) is 7.63. The minimum Gasteiger partial charge on any atom is -0.496 e. The number of anilines is 1. The molecule has 0 aromatic heterocycles. The molecule has 0 aliphatic carbocycles. The molecule has 0 radical (unpaired) electrons. The minimum absolute atomic E-state index is 0.105. The van der Waals surface area contributed by atoms with Crippen LogP contribution in [-0.2, 0) is 9.53 Å². The Bertz CT molecular complexity index is 502. The molecule has 0 heterocycles. The van der Waals surface area contributed by atoms with Gasteiger partial charge in [0.2, 0.25) is 0 Å². The van der Waals surface area contributed by atoms with E-state index < -0.39 is 5.60 Å². The van der Waals surface area contributed by atoms with Gasteiger partial charge in [-0.3, -0.25) is 4.79 Å². The Morgan fingerprint density at radius 3 is 2.23 bits per heavy atom. The first-order valence-electron chi connectivity index (χ1n) is 7.84. The lowest BCUT2D eigenvalue weighted by molar-refractivity contribution is -0.140. The standard InChI is InChI=1S/C18H29NO3/c1-8-22-18(6,11-12(2)3)17(20)19-15-9-13(4)16(21-7)14(5)10-15/h9-10,12H,8,11H2,1-7H3,(H,19,20). The van der Waals surface area contributed by atoms with Gasteiger partial charge in [0.25, 0.3) is 5.91 Å². The van der Waals surface area contributed by atoms with Gasteiger partial charge in [-0.1, -0.05) is 13.8 Å². The van der Waals surface area contributed by atoms with Gasteiger partial charge in [-0.05, 0) is 63.3 Å². The summed E-state index contributed by atoms with van der Waals surface area (Å²) < 4.78 is 11.1. The van der Waals surface area contributed by atoms with Crippen LogP contribution in [0.2, 0.25) is 0 Å². The summed E-state index contributed by atoms with van der Waals surface area (Å²) in [5, 5.41) is 2.99. The van der Waals surface area contributed by atoms with Gasteiger partial charge in [0.1, 0.15) is 11.4 Å². The lowest BCUT2D eigenvalue weighted by Crippen LogP contribution is -2.44. The average Bonchev–Trinajstić information content (AvgIpc) is 2.37. The molecule has 0 spiro atoms. The van der Waals surface area contributed by atoms with Gasteiger partial charge in [0, 0.05) is 12.3 Å². The third-order valence-corrected chi connectivity index (χ3v) is 3.66. The Morgan fingerprint density at radius 2 is 1.82 bits per heavy atom. The second-order valence-corrected chi connectivity index (χ2v) is 6.36. The molecule has 1 rings (SSSR count). The molecule has 0 aliphatic rings. The monoisotopic (exact) mass is 307 g/mol. The first kappa shape index (κ1) is 18.5. The van der Waals surface area contributed by atoms with Crippen LogP contribution in [0.3, 0.4) is 0 Å². The molecule has 4 nitrogen and oxygen atoms in total. The highest BCUT2D eigenvalue weighted by Crippen LogP contribution is 2.28. The first-order valence-corrected chi connectivity index (χ1v) is 7.84. The second-order valence-electron chi connectivity index (χ2n) is 6.36. The van der Waals surface area contributed by atoms with E-state index in [0.717, 1.165) is 22.6 Å². The summed E-state index contributed by atoms with van der Waals surface area (Å²) in [6.45, 7) is 12.4. The number of rotatable bonds is 7. The molecule has 1 atom stereocenters. The molecule has 0 aliphatic heterocycles. The number of carbonyl (C=O) groups is 1. The molecule has 1 amide bonds. The van der Waals surface area contributed by atoms with E-state index in [4.69, 9.17) is 9.47 Å². The number of ether oxygens (including phenoxy) is 2. The Balaban J connectivity index is 2.99. The minimum atomic E-state index is -0.815. The topological polar surface area (TPSA) is 47.6 Å². The molecule has 1 N–H and O–H groups in total. The maximum Gasteiger partial charge on any atom is 0.256 e. The van der Waals surface area contributed by atoms with Gasteiger partial charge in [-0.15, -0.1) is 0 Å². The number of methoxy groups -OCH3 is 1. The Morgan fingerprint density at radius 1 is 1.27 bits per heavy atom. The van der Waals surface area contributed by atoms with E-state index >= 15 is 0 Å². The number of hydrogen-bond acceptors (Lipinski definition) is 3. The third kappa shape index (κ3) is 4.47. The van der Waals surface area contributed by atoms with Crippen molar-refractivity contribution in [1.82, 2.24) is 0 Å². The molecule has 124 valence electrons. The molecule has 1 unspecified atom stereocenters. The summed E-state index contributed by atoms with van der Waals surface area (Å²) in [5.41, 5.74) is 1.96. The molecule has 0 saturated heterocycles. The van der Waals surface area contributed by atoms with Crippen molar-refractivity contribution >= 4 is 11.6 Å². The molecule has 4 heteroatoms. The van der Waals surface area contributed by atoms with Gasteiger partial charge in [0.15, 0.2) is 0 Å². The molecule has 0 bridgehead atoms. The largest absolute Gasteiger partial charge is 0.496 e. The van der Waals surface area contributed by atoms with Crippen molar-refractivity contribution in [3.05, 3.63) is 23.3 Å². The van der Waals surface area contributed by atoms with Crippen LogP contribution >= 0.6 is 0 Å². The van der Waals surface area contributed by atoms with Crippen molar-refractivity contribution in [2.24, 2.45) is 5.92 Å². The zero-order valence-electron chi connectivity index (χ0n) is 14.9. The molecule has 1 aromatic rings. The van der Waals surface area contributed by atoms with Crippen LogP contribution in [0.15, 0.2) is 12.1 Å². The van der Waals surface area contributed by atoms with E-state index in [1.54, 1.807) is 7.11 Å². The van der Waals surface area contributed by atoms with E-state index in [9.17, 15) is 4.79 Å². The summed E-state index contributed by atoms with van der Waals surface area (Å²) in [7, 11) is 1.66. The van der Waals surface area contributed by atoms with Crippen molar-refractivity contribution in [1.29, 1.82) is 0 Å². The fourth-order valence-electron chi connectivity index (χ4n) is 2.92. The highest BCUT2D eigenvalue weighted by Gasteiger charge is 2.34. The van der Waals surface area contributed by atoms with Crippen molar-refractivity contribution in [3.63, 3.8) is 0 Å². The number of hydrogen-bond donors (Lipinski definition) is 1. The fraction of sp³-hybridized carbons (Fsp3) is 0.611. The average molecular weight is 307 g/mol. The summed E-state index contributed by atoms with van der Waals surface area (Å²) in [5.74, 6) is 1.13. The summed E-state index contributed by atoms with van der Waals surface area (Å²) in [6.07, 6.45) is 0.681. The van der Waals surface area contributed by atoms with E-state index in [1.807, 2.05) is 39.8 Å². The molecule has 0 saturated carbocycles. The molecular weight excluding hydrogens is 278 g/mol. The quantitative estimate of drug-likeness (QED) is 0.825. The molecule has 1 aromatic carbocycles. The van der Waals surface area contributed by atoms with Crippen LogP contribution in [0, 0.1) is 19.8 Å². The van der Waals surface area contributed by atoms with Gasteiger partial charge in [-0.25, -0.2) is 0 Å². The number of benzene rings is 1. The maximum absolute atomic E-state index is 12.7. The van der Waals surface area contributed by atoms with Gasteiger partial charge in [-0.2, -0.15) is 0 Å². The zero-order valence-corrected chi connectivity index (χ0v) is 14.9. The van der Waals surface area contributed by atoms with Crippen molar-refractivity contribution in [2.75, 3.05) is 19.0 Å². The Hall–Kier alpha value is -1.55. The molecule has 0 fully saturated rings. The number of aryl methyl sites for hydroxylation is 2. The zero-order chi connectivity index (χ0) is 16.9. The van der Waals surface area contributed by atoms with Crippen LogP contribution in [0.1, 0.15) is 45.2 Å². The highest BCUT2D eigenvalue weighted by atomic mass is 16.5. The van der Waals surface area contributed by atoms with Crippen molar-refractivity contribution < 1.29 is 14.3 Å². The van der Waals surface area contributed by atoms with Crippen molar-refractivity contribution in [2.45, 2.75) is 53.6 Å². The van der Waals surface area contributed by atoms with Gasteiger partial charge in [0.05, 0.1) is 7.11 Å².